The first-order valence-electron chi connectivity index (χ1n) is 9.09. The normalized spacial score (nSPS) is 11.4. The quantitative estimate of drug-likeness (QED) is 0.499. The van der Waals surface area contributed by atoms with Crippen molar-refractivity contribution in [1.82, 2.24) is 24.7 Å². The molecule has 0 radical (unpaired) electrons. The third-order valence-electron chi connectivity index (χ3n) is 5.03. The predicted octanol–water partition coefficient (Wildman–Crippen LogP) is 3.99. The van der Waals surface area contributed by atoms with Gasteiger partial charge >= 0.3 is 0 Å². The number of aromatic amines is 1. The molecule has 7 heteroatoms. The van der Waals surface area contributed by atoms with Crippen LogP contribution in [-0.4, -0.2) is 24.7 Å². The fourth-order valence-electron chi connectivity index (χ4n) is 3.55. The second-order valence-electron chi connectivity index (χ2n) is 6.98. The van der Waals surface area contributed by atoms with E-state index in [0.29, 0.717) is 39.1 Å². The Hall–Kier alpha value is -3.87. The molecule has 1 N–H and O–H groups in total. The standard InChI is InChI=1S/C22H16FN5O/c1-12-3-6-24-20-14(12)9-13(10-17(20)23)15-11-16-19(29)4-7-25-22(16)26-21(15)18-5-8-28(2)27-18/h3-11H,1-2H3,(H,25,26,29). The Bertz CT molecular complexity index is 1470. The Kier molecular flexibility index (Phi) is 3.77. The summed E-state index contributed by atoms with van der Waals surface area (Å²) in [6, 6.07) is 10.2. The lowest BCUT2D eigenvalue weighted by Crippen LogP contribution is -2.04. The first-order valence-corrected chi connectivity index (χ1v) is 9.09. The largest absolute Gasteiger partial charge is 0.346 e. The average Bonchev–Trinajstić information content (AvgIpc) is 3.14. The molecular weight excluding hydrogens is 369 g/mol. The molecule has 0 unspecified atom stereocenters. The topological polar surface area (TPSA) is 76.5 Å². The molecule has 0 fully saturated rings. The minimum atomic E-state index is -0.421. The molecule has 0 spiro atoms. The summed E-state index contributed by atoms with van der Waals surface area (Å²) >= 11 is 0. The van der Waals surface area contributed by atoms with Crippen molar-refractivity contribution in [2.75, 3.05) is 0 Å². The van der Waals surface area contributed by atoms with Gasteiger partial charge in [0.25, 0.3) is 0 Å². The van der Waals surface area contributed by atoms with Crippen LogP contribution in [0.2, 0.25) is 0 Å². The van der Waals surface area contributed by atoms with Gasteiger partial charge in [0.2, 0.25) is 0 Å². The van der Waals surface area contributed by atoms with Gasteiger partial charge in [-0.2, -0.15) is 5.10 Å². The van der Waals surface area contributed by atoms with Gasteiger partial charge in [-0.1, -0.05) is 0 Å². The SMILES string of the molecule is Cc1ccnc2c(F)cc(-c3cc4c(=O)cc[nH]c4nc3-c3ccn(C)n3)cc12. The number of H-pyrrole nitrogens is 1. The number of benzene rings is 1. The van der Waals surface area contributed by atoms with Gasteiger partial charge in [0.1, 0.15) is 28.4 Å². The van der Waals surface area contributed by atoms with E-state index >= 15 is 0 Å². The van der Waals surface area contributed by atoms with Gasteiger partial charge in [-0.15, -0.1) is 0 Å². The fourth-order valence-corrected chi connectivity index (χ4v) is 3.55. The molecule has 0 aliphatic heterocycles. The van der Waals surface area contributed by atoms with Crippen LogP contribution >= 0.6 is 0 Å². The van der Waals surface area contributed by atoms with Gasteiger partial charge in [0.05, 0.1) is 5.39 Å². The summed E-state index contributed by atoms with van der Waals surface area (Å²) in [5.74, 6) is -0.421. The molecule has 6 nitrogen and oxygen atoms in total. The third kappa shape index (κ3) is 2.79. The molecule has 4 heterocycles. The van der Waals surface area contributed by atoms with E-state index in [-0.39, 0.29) is 5.43 Å². The zero-order valence-corrected chi connectivity index (χ0v) is 15.8. The van der Waals surface area contributed by atoms with Crippen molar-refractivity contribution in [2.45, 2.75) is 6.92 Å². The number of aromatic nitrogens is 5. The summed E-state index contributed by atoms with van der Waals surface area (Å²) in [7, 11) is 1.82. The summed E-state index contributed by atoms with van der Waals surface area (Å²) in [6.45, 7) is 1.91. The number of hydrogen-bond donors (Lipinski definition) is 1. The minimum absolute atomic E-state index is 0.154. The number of rotatable bonds is 2. The van der Waals surface area contributed by atoms with Crippen molar-refractivity contribution < 1.29 is 4.39 Å². The van der Waals surface area contributed by atoms with Gasteiger partial charge in [-0.25, -0.2) is 9.37 Å². The first-order chi connectivity index (χ1) is 14.0. The molecule has 0 aliphatic carbocycles. The van der Waals surface area contributed by atoms with Crippen LogP contribution in [0.3, 0.4) is 0 Å². The highest BCUT2D eigenvalue weighted by molar-refractivity contribution is 5.93. The molecule has 29 heavy (non-hydrogen) atoms. The lowest BCUT2D eigenvalue weighted by molar-refractivity contribution is 0.637. The lowest BCUT2D eigenvalue weighted by Gasteiger charge is -2.11. The van der Waals surface area contributed by atoms with E-state index in [1.807, 2.05) is 38.4 Å². The summed E-state index contributed by atoms with van der Waals surface area (Å²) in [4.78, 5) is 24.2. The van der Waals surface area contributed by atoms with Crippen molar-refractivity contribution in [2.24, 2.45) is 7.05 Å². The van der Waals surface area contributed by atoms with Crippen LogP contribution in [0, 0.1) is 12.7 Å². The number of hydrogen-bond acceptors (Lipinski definition) is 4. The molecule has 0 saturated carbocycles. The summed E-state index contributed by atoms with van der Waals surface area (Å²) in [5.41, 5.74) is 4.00. The number of fused-ring (bicyclic) bond motifs is 2. The Balaban J connectivity index is 1.88. The van der Waals surface area contributed by atoms with E-state index in [0.717, 1.165) is 10.9 Å². The first kappa shape index (κ1) is 17.2. The molecule has 5 rings (SSSR count). The molecule has 1 aromatic carbocycles. The molecule has 0 bridgehead atoms. The number of aryl methyl sites for hydroxylation is 2. The molecule has 0 amide bonds. The molecule has 0 atom stereocenters. The fraction of sp³-hybridized carbons (Fsp3) is 0.0909. The van der Waals surface area contributed by atoms with Crippen molar-refractivity contribution in [3.63, 3.8) is 0 Å². The van der Waals surface area contributed by atoms with Crippen LogP contribution in [-0.2, 0) is 7.05 Å². The van der Waals surface area contributed by atoms with E-state index in [1.165, 1.54) is 12.1 Å². The van der Waals surface area contributed by atoms with Gasteiger partial charge in [-0.05, 0) is 48.4 Å². The second-order valence-corrected chi connectivity index (χ2v) is 6.98. The highest BCUT2D eigenvalue weighted by Crippen LogP contribution is 2.34. The van der Waals surface area contributed by atoms with Crippen molar-refractivity contribution >= 4 is 21.9 Å². The summed E-state index contributed by atoms with van der Waals surface area (Å²) in [6.07, 6.45) is 4.97. The minimum Gasteiger partial charge on any atom is -0.346 e. The zero-order chi connectivity index (χ0) is 20.1. The van der Waals surface area contributed by atoms with Crippen molar-refractivity contribution in [3.05, 3.63) is 76.6 Å². The Morgan fingerprint density at radius 3 is 2.76 bits per heavy atom. The van der Waals surface area contributed by atoms with Crippen LogP contribution in [0.4, 0.5) is 4.39 Å². The number of pyridine rings is 3. The van der Waals surface area contributed by atoms with Gasteiger partial charge in [-0.3, -0.25) is 14.5 Å². The van der Waals surface area contributed by atoms with Crippen LogP contribution in [0.25, 0.3) is 44.5 Å². The van der Waals surface area contributed by atoms with E-state index in [9.17, 15) is 9.18 Å². The Morgan fingerprint density at radius 2 is 1.97 bits per heavy atom. The lowest BCUT2D eigenvalue weighted by atomic mass is 9.97. The van der Waals surface area contributed by atoms with Gasteiger partial charge < -0.3 is 4.98 Å². The monoisotopic (exact) mass is 385 g/mol. The number of halogens is 1. The molecule has 0 saturated heterocycles. The smallest absolute Gasteiger partial charge is 0.191 e. The molecule has 4 aromatic heterocycles. The average molecular weight is 385 g/mol. The second kappa shape index (κ2) is 6.34. The third-order valence-corrected chi connectivity index (χ3v) is 5.03. The highest BCUT2D eigenvalue weighted by atomic mass is 19.1. The molecular formula is C22H16FN5O. The molecule has 5 aromatic rings. The predicted molar refractivity (Wildman–Crippen MR) is 110 cm³/mol. The number of nitrogens with zero attached hydrogens (tertiary/aromatic N) is 4. The number of nitrogens with one attached hydrogen (secondary N) is 1. The van der Waals surface area contributed by atoms with Crippen molar-refractivity contribution in [3.8, 4) is 22.5 Å². The Morgan fingerprint density at radius 1 is 1.10 bits per heavy atom. The maximum absolute atomic E-state index is 14.9. The van der Waals surface area contributed by atoms with E-state index in [4.69, 9.17) is 0 Å². The summed E-state index contributed by atoms with van der Waals surface area (Å²) < 4.78 is 16.5. The van der Waals surface area contributed by atoms with Gasteiger partial charge in [0.15, 0.2) is 5.43 Å². The molecule has 0 aliphatic rings. The van der Waals surface area contributed by atoms with Crippen LogP contribution in [0.5, 0.6) is 0 Å². The Labute approximate surface area is 164 Å². The van der Waals surface area contributed by atoms with E-state index in [1.54, 1.807) is 23.1 Å². The van der Waals surface area contributed by atoms with Crippen LogP contribution in [0.15, 0.2) is 59.8 Å². The van der Waals surface area contributed by atoms with E-state index in [2.05, 4.69) is 20.1 Å². The van der Waals surface area contributed by atoms with Crippen LogP contribution < -0.4 is 5.43 Å². The maximum Gasteiger partial charge on any atom is 0.191 e. The maximum atomic E-state index is 14.9. The van der Waals surface area contributed by atoms with E-state index < -0.39 is 5.82 Å². The van der Waals surface area contributed by atoms with Gasteiger partial charge in [0, 0.05) is 42.7 Å². The molecule has 142 valence electrons. The zero-order valence-electron chi connectivity index (χ0n) is 15.8. The highest BCUT2D eigenvalue weighted by Gasteiger charge is 2.17. The summed E-state index contributed by atoms with van der Waals surface area (Å²) in [5, 5.41) is 5.61. The van der Waals surface area contributed by atoms with Crippen LogP contribution in [0.1, 0.15) is 5.56 Å². The van der Waals surface area contributed by atoms with Crippen molar-refractivity contribution in [1.29, 1.82) is 0 Å².